The first kappa shape index (κ1) is 18.2. The average molecular weight is 373 g/mol. The van der Waals surface area contributed by atoms with E-state index in [-0.39, 0.29) is 11.4 Å². The third kappa shape index (κ3) is 3.66. The zero-order valence-electron chi connectivity index (χ0n) is 15.3. The molecule has 11 nitrogen and oxygen atoms in total. The molecule has 142 valence electrons. The van der Waals surface area contributed by atoms with Crippen LogP contribution >= 0.6 is 0 Å². The maximum atomic E-state index is 12.7. The highest BCUT2D eigenvalue weighted by Gasteiger charge is 2.23. The fraction of sp³-hybridized carbons (Fsp3) is 0.312. The number of methoxy groups -OCH3 is 1. The lowest BCUT2D eigenvalue weighted by atomic mass is 10.3. The van der Waals surface area contributed by atoms with E-state index in [1.165, 1.54) is 24.1 Å². The molecule has 3 aromatic rings. The van der Waals surface area contributed by atoms with E-state index in [9.17, 15) is 9.59 Å². The minimum absolute atomic E-state index is 0.130. The molecule has 0 aliphatic carbocycles. The quantitative estimate of drug-likeness (QED) is 0.659. The van der Waals surface area contributed by atoms with Crippen LogP contribution < -0.4 is 20.5 Å². The first-order chi connectivity index (χ1) is 12.9. The summed E-state index contributed by atoms with van der Waals surface area (Å²) in [5, 5.41) is 10.2. The van der Waals surface area contributed by atoms with Crippen LogP contribution in [0.4, 0.5) is 11.6 Å². The van der Waals surface area contributed by atoms with Crippen molar-refractivity contribution in [2.75, 3.05) is 24.4 Å². The van der Waals surface area contributed by atoms with Crippen LogP contribution in [-0.2, 0) is 20.6 Å². The summed E-state index contributed by atoms with van der Waals surface area (Å²) in [6, 6.07) is 0. The fourth-order valence-electron chi connectivity index (χ4n) is 2.60. The van der Waals surface area contributed by atoms with E-state index >= 15 is 0 Å². The molecule has 0 bridgehead atoms. The van der Waals surface area contributed by atoms with Gasteiger partial charge in [0.05, 0.1) is 19.5 Å². The summed E-state index contributed by atoms with van der Waals surface area (Å²) in [7, 11) is 6.46. The number of carbonyl (C=O) groups excluding carboxylic acids is 1. The molecule has 3 heterocycles. The number of nitrogens with one attached hydrogen (secondary N) is 1. The van der Waals surface area contributed by atoms with Gasteiger partial charge in [-0.05, 0) is 0 Å². The maximum Gasteiger partial charge on any atom is 0.297 e. The highest BCUT2D eigenvalue weighted by molar-refractivity contribution is 6.04. The van der Waals surface area contributed by atoms with Crippen LogP contribution in [0.1, 0.15) is 16.1 Å². The molecule has 1 N–H and O–H groups in total. The summed E-state index contributed by atoms with van der Waals surface area (Å²) in [6.07, 6.45) is 6.18. The minimum Gasteiger partial charge on any atom is -0.489 e. The van der Waals surface area contributed by atoms with Gasteiger partial charge in [-0.3, -0.25) is 18.8 Å². The van der Waals surface area contributed by atoms with Gasteiger partial charge in [0.15, 0.2) is 5.69 Å². The van der Waals surface area contributed by atoms with E-state index < -0.39 is 11.5 Å². The molecular formula is C16H19N7O4. The molecule has 0 saturated carbocycles. The Morgan fingerprint density at radius 2 is 2.15 bits per heavy atom. The van der Waals surface area contributed by atoms with E-state index in [0.717, 1.165) is 5.56 Å². The SMILES string of the molecule is COc1c(C(=O)Nc2cnoc2)nc(N(C)Cc2cnn(C)c2)n(C)c1=O. The monoisotopic (exact) mass is 373 g/mol. The molecule has 0 spiro atoms. The predicted molar refractivity (Wildman–Crippen MR) is 95.8 cm³/mol. The Morgan fingerprint density at radius 1 is 1.37 bits per heavy atom. The molecule has 0 unspecified atom stereocenters. The molecule has 1 amide bonds. The van der Waals surface area contributed by atoms with Crippen molar-refractivity contribution in [3.8, 4) is 5.75 Å². The van der Waals surface area contributed by atoms with E-state index in [4.69, 9.17) is 4.74 Å². The second-order valence-electron chi connectivity index (χ2n) is 5.90. The molecule has 0 aliphatic heterocycles. The molecule has 0 aliphatic rings. The van der Waals surface area contributed by atoms with E-state index in [2.05, 4.69) is 25.1 Å². The highest BCUT2D eigenvalue weighted by atomic mass is 16.5. The second-order valence-corrected chi connectivity index (χ2v) is 5.90. The number of amides is 1. The molecule has 3 aromatic heterocycles. The lowest BCUT2D eigenvalue weighted by Gasteiger charge is -2.21. The van der Waals surface area contributed by atoms with E-state index in [1.54, 1.807) is 29.9 Å². The van der Waals surface area contributed by atoms with Gasteiger partial charge in [-0.25, -0.2) is 4.98 Å². The second kappa shape index (κ2) is 7.32. The van der Waals surface area contributed by atoms with Crippen LogP contribution in [0.3, 0.4) is 0 Å². The summed E-state index contributed by atoms with van der Waals surface area (Å²) in [4.78, 5) is 31.3. The first-order valence-corrected chi connectivity index (χ1v) is 7.95. The minimum atomic E-state index is -0.608. The van der Waals surface area contributed by atoms with Gasteiger partial charge < -0.3 is 19.5 Å². The maximum absolute atomic E-state index is 12.7. The van der Waals surface area contributed by atoms with Gasteiger partial charge in [-0.15, -0.1) is 0 Å². The van der Waals surface area contributed by atoms with Crippen molar-refractivity contribution in [3.63, 3.8) is 0 Å². The molecule has 11 heteroatoms. The summed E-state index contributed by atoms with van der Waals surface area (Å²) in [6.45, 7) is 0.452. The third-order valence-corrected chi connectivity index (χ3v) is 3.85. The lowest BCUT2D eigenvalue weighted by Crippen LogP contribution is -2.32. The predicted octanol–water partition coefficient (Wildman–Crippen LogP) is 0.399. The summed E-state index contributed by atoms with van der Waals surface area (Å²) >= 11 is 0. The van der Waals surface area contributed by atoms with Crippen molar-refractivity contribution >= 4 is 17.5 Å². The Balaban J connectivity index is 1.97. The largest absolute Gasteiger partial charge is 0.489 e. The Bertz CT molecular complexity index is 1010. The van der Waals surface area contributed by atoms with Crippen molar-refractivity contribution in [1.82, 2.24) is 24.5 Å². The Kier molecular flexibility index (Phi) is 4.92. The number of nitrogens with zero attached hydrogens (tertiary/aromatic N) is 6. The number of hydrogen-bond acceptors (Lipinski definition) is 8. The normalized spacial score (nSPS) is 10.7. The number of anilines is 2. The first-order valence-electron chi connectivity index (χ1n) is 7.95. The number of hydrogen-bond donors (Lipinski definition) is 1. The van der Waals surface area contributed by atoms with E-state index in [0.29, 0.717) is 18.2 Å². The van der Waals surface area contributed by atoms with Crippen LogP contribution in [0.5, 0.6) is 5.75 Å². The number of rotatable bonds is 6. The van der Waals surface area contributed by atoms with Gasteiger partial charge in [-0.1, -0.05) is 5.16 Å². The standard InChI is InChI=1S/C16H19N7O4/c1-21(7-10-5-17-22(2)8-10)16-20-12(13(26-4)15(25)23(16)3)14(24)19-11-6-18-27-9-11/h5-6,8-9H,7H2,1-4H3,(H,19,24). The van der Waals surface area contributed by atoms with Crippen LogP contribution in [0.15, 0.2) is 34.2 Å². The molecule has 0 fully saturated rings. The molecule has 27 heavy (non-hydrogen) atoms. The van der Waals surface area contributed by atoms with E-state index in [1.807, 2.05) is 13.2 Å². The van der Waals surface area contributed by atoms with Crippen LogP contribution in [0.25, 0.3) is 0 Å². The molecular weight excluding hydrogens is 354 g/mol. The summed E-state index contributed by atoms with van der Waals surface area (Å²) in [5.41, 5.74) is 0.668. The topological polar surface area (TPSA) is 120 Å². The van der Waals surface area contributed by atoms with Crippen LogP contribution in [0, 0.1) is 0 Å². The van der Waals surface area contributed by atoms with Gasteiger partial charge >= 0.3 is 0 Å². The van der Waals surface area contributed by atoms with Crippen LogP contribution in [0.2, 0.25) is 0 Å². The van der Waals surface area contributed by atoms with Crippen molar-refractivity contribution in [1.29, 1.82) is 0 Å². The van der Waals surface area contributed by atoms with Crippen LogP contribution in [-0.4, -0.2) is 44.6 Å². The fourth-order valence-corrected chi connectivity index (χ4v) is 2.60. The Morgan fingerprint density at radius 3 is 2.74 bits per heavy atom. The zero-order valence-corrected chi connectivity index (χ0v) is 15.3. The Labute approximate surface area is 154 Å². The molecule has 0 radical (unpaired) electrons. The molecule has 3 rings (SSSR count). The van der Waals surface area contributed by atoms with Gasteiger partial charge in [-0.2, -0.15) is 5.10 Å². The zero-order chi connectivity index (χ0) is 19.6. The summed E-state index contributed by atoms with van der Waals surface area (Å²) < 4.78 is 12.8. The van der Waals surface area contributed by atoms with Gasteiger partial charge in [0.2, 0.25) is 11.7 Å². The third-order valence-electron chi connectivity index (χ3n) is 3.85. The average Bonchev–Trinajstić information content (AvgIpc) is 3.28. The van der Waals surface area contributed by atoms with Crippen molar-refractivity contribution in [2.45, 2.75) is 6.54 Å². The van der Waals surface area contributed by atoms with Crippen molar-refractivity contribution in [3.05, 3.63) is 46.5 Å². The molecule has 0 aromatic carbocycles. The van der Waals surface area contributed by atoms with Crippen molar-refractivity contribution < 1.29 is 14.1 Å². The molecule has 0 saturated heterocycles. The van der Waals surface area contributed by atoms with Gasteiger partial charge in [0, 0.05) is 39.4 Å². The van der Waals surface area contributed by atoms with Gasteiger partial charge in [0.25, 0.3) is 11.5 Å². The number of aromatic nitrogens is 5. The van der Waals surface area contributed by atoms with Gasteiger partial charge in [0.1, 0.15) is 12.0 Å². The highest BCUT2D eigenvalue weighted by Crippen LogP contribution is 2.18. The number of ether oxygens (including phenoxy) is 1. The Hall–Kier alpha value is -3.63. The summed E-state index contributed by atoms with van der Waals surface area (Å²) in [5.74, 6) is -0.450. The smallest absolute Gasteiger partial charge is 0.297 e. The number of carbonyl (C=O) groups is 1. The lowest BCUT2D eigenvalue weighted by molar-refractivity contribution is 0.101. The molecule has 0 atom stereocenters. The van der Waals surface area contributed by atoms with Crippen molar-refractivity contribution in [2.24, 2.45) is 14.1 Å². The number of aryl methyl sites for hydroxylation is 1.